The number of esters is 1. The standard InChI is InChI=1S/C18H14Cl2N2O4/c1-24-16-7-15-10(6-11(16)18(23)25-2)17(13(20)8-22-15)26-9-3-4-14(21)12(19)5-9/h3-8H,21H2,1-2H3. The van der Waals surface area contributed by atoms with Crippen LogP contribution in [0.25, 0.3) is 10.9 Å². The molecule has 3 rings (SSSR count). The van der Waals surface area contributed by atoms with Gasteiger partial charge in [-0.25, -0.2) is 4.79 Å². The Labute approximate surface area is 159 Å². The fraction of sp³-hybridized carbons (Fsp3) is 0.111. The van der Waals surface area contributed by atoms with Crippen LogP contribution in [0.1, 0.15) is 10.4 Å². The molecule has 0 aliphatic rings. The Morgan fingerprint density at radius 3 is 2.54 bits per heavy atom. The van der Waals surface area contributed by atoms with Crippen molar-refractivity contribution in [2.45, 2.75) is 0 Å². The van der Waals surface area contributed by atoms with Gasteiger partial charge in [0, 0.05) is 23.7 Å². The van der Waals surface area contributed by atoms with E-state index in [1.54, 1.807) is 30.3 Å². The first-order valence-electron chi connectivity index (χ1n) is 7.42. The summed E-state index contributed by atoms with van der Waals surface area (Å²) in [5, 5.41) is 1.15. The van der Waals surface area contributed by atoms with Crippen LogP contribution in [0.4, 0.5) is 5.69 Å². The van der Waals surface area contributed by atoms with Gasteiger partial charge in [-0.1, -0.05) is 23.2 Å². The Hall–Kier alpha value is -2.70. The van der Waals surface area contributed by atoms with Crippen molar-refractivity contribution in [3.8, 4) is 17.2 Å². The van der Waals surface area contributed by atoms with Crippen LogP contribution in [0, 0.1) is 0 Å². The molecule has 0 atom stereocenters. The summed E-state index contributed by atoms with van der Waals surface area (Å²) in [5.74, 6) is 0.546. The van der Waals surface area contributed by atoms with E-state index >= 15 is 0 Å². The van der Waals surface area contributed by atoms with Gasteiger partial charge in [0.25, 0.3) is 0 Å². The summed E-state index contributed by atoms with van der Waals surface area (Å²) in [6, 6.07) is 8.03. The zero-order chi connectivity index (χ0) is 18.8. The number of anilines is 1. The van der Waals surface area contributed by atoms with Crippen molar-refractivity contribution in [2.24, 2.45) is 0 Å². The molecular weight excluding hydrogens is 379 g/mol. The summed E-state index contributed by atoms with van der Waals surface area (Å²) < 4.78 is 15.9. The molecule has 0 unspecified atom stereocenters. The van der Waals surface area contributed by atoms with E-state index in [0.29, 0.717) is 38.9 Å². The van der Waals surface area contributed by atoms with E-state index in [0.717, 1.165) is 0 Å². The Kier molecular flexibility index (Phi) is 5.06. The number of pyridine rings is 1. The lowest BCUT2D eigenvalue weighted by Gasteiger charge is -2.14. The molecule has 0 amide bonds. The van der Waals surface area contributed by atoms with Crippen molar-refractivity contribution in [3.05, 3.63) is 52.1 Å². The predicted octanol–water partition coefficient (Wildman–Crippen LogP) is 4.71. The number of nitrogen functional groups attached to an aromatic ring is 1. The number of nitrogens with zero attached hydrogens (tertiary/aromatic N) is 1. The summed E-state index contributed by atoms with van der Waals surface area (Å²) in [6.07, 6.45) is 1.45. The largest absolute Gasteiger partial charge is 0.496 e. The third-order valence-corrected chi connectivity index (χ3v) is 4.29. The highest BCUT2D eigenvalue weighted by atomic mass is 35.5. The molecule has 0 spiro atoms. The molecule has 2 N–H and O–H groups in total. The molecule has 0 saturated carbocycles. The number of hydrogen-bond acceptors (Lipinski definition) is 6. The lowest BCUT2D eigenvalue weighted by atomic mass is 10.1. The molecule has 0 aliphatic heterocycles. The first-order chi connectivity index (χ1) is 12.4. The van der Waals surface area contributed by atoms with Gasteiger partial charge in [-0.3, -0.25) is 4.98 Å². The number of aromatic nitrogens is 1. The lowest BCUT2D eigenvalue weighted by Crippen LogP contribution is -2.04. The Morgan fingerprint density at radius 2 is 1.88 bits per heavy atom. The maximum atomic E-state index is 12.0. The first kappa shape index (κ1) is 18.1. The van der Waals surface area contributed by atoms with E-state index in [1.165, 1.54) is 20.4 Å². The smallest absolute Gasteiger partial charge is 0.341 e. The molecule has 0 bridgehead atoms. The molecule has 134 valence electrons. The quantitative estimate of drug-likeness (QED) is 0.511. The van der Waals surface area contributed by atoms with Crippen LogP contribution in [-0.2, 0) is 4.74 Å². The van der Waals surface area contributed by atoms with Gasteiger partial charge in [-0.05, 0) is 18.2 Å². The van der Waals surface area contributed by atoms with Crippen LogP contribution < -0.4 is 15.2 Å². The van der Waals surface area contributed by atoms with Crippen LogP contribution in [0.5, 0.6) is 17.2 Å². The van der Waals surface area contributed by atoms with E-state index in [9.17, 15) is 4.79 Å². The number of carbonyl (C=O) groups excluding carboxylic acids is 1. The number of ether oxygens (including phenoxy) is 3. The molecular formula is C18H14Cl2N2O4. The predicted molar refractivity (Wildman–Crippen MR) is 101 cm³/mol. The Balaban J connectivity index is 2.18. The van der Waals surface area contributed by atoms with Crippen LogP contribution in [-0.4, -0.2) is 25.2 Å². The van der Waals surface area contributed by atoms with Crippen molar-refractivity contribution in [3.63, 3.8) is 0 Å². The zero-order valence-corrected chi connectivity index (χ0v) is 15.4. The van der Waals surface area contributed by atoms with Crippen molar-refractivity contribution in [1.29, 1.82) is 0 Å². The average molecular weight is 393 g/mol. The average Bonchev–Trinajstić information content (AvgIpc) is 2.65. The maximum absolute atomic E-state index is 12.0. The topological polar surface area (TPSA) is 83.7 Å². The Bertz CT molecular complexity index is 1010. The molecule has 0 aliphatic carbocycles. The maximum Gasteiger partial charge on any atom is 0.341 e. The van der Waals surface area contributed by atoms with E-state index in [2.05, 4.69) is 4.98 Å². The van der Waals surface area contributed by atoms with Crippen molar-refractivity contribution < 1.29 is 19.0 Å². The van der Waals surface area contributed by atoms with Crippen LogP contribution in [0.3, 0.4) is 0 Å². The van der Waals surface area contributed by atoms with Crippen molar-refractivity contribution in [1.82, 2.24) is 4.98 Å². The molecule has 8 heteroatoms. The van der Waals surface area contributed by atoms with Crippen LogP contribution >= 0.6 is 23.2 Å². The van der Waals surface area contributed by atoms with Crippen molar-refractivity contribution >= 4 is 45.8 Å². The fourth-order valence-corrected chi connectivity index (χ4v) is 2.76. The number of halogens is 2. The number of fused-ring (bicyclic) bond motifs is 1. The molecule has 6 nitrogen and oxygen atoms in total. The van der Waals surface area contributed by atoms with Gasteiger partial charge in [0.05, 0.1) is 30.4 Å². The third-order valence-electron chi connectivity index (χ3n) is 3.69. The molecule has 1 aromatic heterocycles. The minimum atomic E-state index is -0.551. The highest BCUT2D eigenvalue weighted by molar-refractivity contribution is 6.33. The second-order valence-electron chi connectivity index (χ2n) is 5.28. The second kappa shape index (κ2) is 7.27. The molecule has 3 aromatic rings. The van der Waals surface area contributed by atoms with Gasteiger partial charge in [0.15, 0.2) is 5.75 Å². The van der Waals surface area contributed by atoms with Crippen LogP contribution in [0.15, 0.2) is 36.5 Å². The summed E-state index contributed by atoms with van der Waals surface area (Å²) in [5.41, 5.74) is 6.91. The van der Waals surface area contributed by atoms with Gasteiger partial charge in [0.1, 0.15) is 22.1 Å². The van der Waals surface area contributed by atoms with Crippen molar-refractivity contribution in [2.75, 3.05) is 20.0 Å². The van der Waals surface area contributed by atoms with E-state index in [1.807, 2.05) is 0 Å². The SMILES string of the molecule is COC(=O)c1cc2c(Oc3ccc(N)c(Cl)c3)c(Cl)cnc2cc1OC. The number of benzene rings is 2. The minimum absolute atomic E-state index is 0.228. The monoisotopic (exact) mass is 392 g/mol. The third kappa shape index (κ3) is 3.34. The molecule has 2 aromatic carbocycles. The number of nitrogens with two attached hydrogens (primary N) is 1. The highest BCUT2D eigenvalue weighted by Gasteiger charge is 2.19. The molecule has 26 heavy (non-hydrogen) atoms. The number of methoxy groups -OCH3 is 2. The second-order valence-corrected chi connectivity index (χ2v) is 6.10. The van der Waals surface area contributed by atoms with Gasteiger partial charge in [-0.15, -0.1) is 0 Å². The molecule has 0 fully saturated rings. The van der Waals surface area contributed by atoms with E-state index in [-0.39, 0.29) is 10.6 Å². The zero-order valence-electron chi connectivity index (χ0n) is 13.9. The van der Waals surface area contributed by atoms with Gasteiger partial charge >= 0.3 is 5.97 Å². The number of rotatable bonds is 4. The van der Waals surface area contributed by atoms with Gasteiger partial charge < -0.3 is 19.9 Å². The summed E-state index contributed by atoms with van der Waals surface area (Å²) >= 11 is 12.3. The summed E-state index contributed by atoms with van der Waals surface area (Å²) in [4.78, 5) is 16.3. The highest BCUT2D eigenvalue weighted by Crippen LogP contribution is 2.39. The number of carbonyl (C=O) groups is 1. The van der Waals surface area contributed by atoms with E-state index in [4.69, 9.17) is 43.1 Å². The molecule has 1 heterocycles. The molecule has 0 radical (unpaired) electrons. The normalized spacial score (nSPS) is 10.6. The first-order valence-corrected chi connectivity index (χ1v) is 8.17. The van der Waals surface area contributed by atoms with Gasteiger partial charge in [-0.2, -0.15) is 0 Å². The minimum Gasteiger partial charge on any atom is -0.496 e. The van der Waals surface area contributed by atoms with Gasteiger partial charge in [0.2, 0.25) is 0 Å². The Morgan fingerprint density at radius 1 is 1.12 bits per heavy atom. The number of hydrogen-bond donors (Lipinski definition) is 1. The fourth-order valence-electron chi connectivity index (χ4n) is 2.40. The summed E-state index contributed by atoms with van der Waals surface area (Å²) in [6.45, 7) is 0. The lowest BCUT2D eigenvalue weighted by molar-refractivity contribution is 0.0597. The summed E-state index contributed by atoms with van der Waals surface area (Å²) in [7, 11) is 2.74. The molecule has 0 saturated heterocycles. The van der Waals surface area contributed by atoms with Crippen LogP contribution in [0.2, 0.25) is 10.0 Å². The van der Waals surface area contributed by atoms with E-state index < -0.39 is 5.97 Å².